The summed E-state index contributed by atoms with van der Waals surface area (Å²) in [7, 11) is 2.02. The molecule has 2 nitrogen and oxygen atoms in total. The average Bonchev–Trinajstić information content (AvgIpc) is 2.59. The van der Waals surface area contributed by atoms with E-state index < -0.39 is 0 Å². The Morgan fingerprint density at radius 3 is 2.53 bits per heavy atom. The summed E-state index contributed by atoms with van der Waals surface area (Å²) in [5.41, 5.74) is 1.31. The third-order valence-corrected chi connectivity index (χ3v) is 2.90. The lowest BCUT2D eigenvalue weighted by Crippen LogP contribution is -2.16. The predicted molar refractivity (Wildman–Crippen MR) is 63.9 cm³/mol. The Morgan fingerprint density at radius 2 is 2.07 bits per heavy atom. The van der Waals surface area contributed by atoms with E-state index in [1.165, 1.54) is 24.8 Å². The molecule has 1 unspecified atom stereocenters. The molecule has 1 aromatic heterocycles. The zero-order chi connectivity index (χ0) is 11.3. The van der Waals surface area contributed by atoms with Gasteiger partial charge in [-0.1, -0.05) is 26.7 Å². The van der Waals surface area contributed by atoms with E-state index in [0.717, 1.165) is 11.7 Å². The van der Waals surface area contributed by atoms with Gasteiger partial charge in [-0.3, -0.25) is 0 Å². The second-order valence-corrected chi connectivity index (χ2v) is 4.60. The molecule has 0 saturated carbocycles. The molecule has 15 heavy (non-hydrogen) atoms. The minimum atomic E-state index is 0.447. The van der Waals surface area contributed by atoms with E-state index in [-0.39, 0.29) is 0 Å². The minimum Gasteiger partial charge on any atom is -0.469 e. The normalized spacial score (nSPS) is 13.4. The van der Waals surface area contributed by atoms with Crippen LogP contribution in [0, 0.1) is 12.8 Å². The third kappa shape index (κ3) is 3.71. The molecule has 0 fully saturated rings. The summed E-state index contributed by atoms with van der Waals surface area (Å²) >= 11 is 0. The van der Waals surface area contributed by atoms with Crippen LogP contribution in [-0.2, 0) is 0 Å². The molecule has 0 aliphatic rings. The highest BCUT2D eigenvalue weighted by Crippen LogP contribution is 2.23. The third-order valence-electron chi connectivity index (χ3n) is 2.90. The Kier molecular flexibility index (Phi) is 4.89. The first-order chi connectivity index (χ1) is 7.15. The smallest absolute Gasteiger partial charge is 0.105 e. The molecule has 2 heteroatoms. The first-order valence-corrected chi connectivity index (χ1v) is 5.86. The molecule has 1 N–H and O–H groups in total. The Hall–Kier alpha value is -0.760. The van der Waals surface area contributed by atoms with Crippen LogP contribution >= 0.6 is 0 Å². The summed E-state index contributed by atoms with van der Waals surface area (Å²) < 4.78 is 5.33. The summed E-state index contributed by atoms with van der Waals surface area (Å²) in [6, 6.07) is 2.52. The molecule has 0 aromatic carbocycles. The van der Waals surface area contributed by atoms with Crippen molar-refractivity contribution in [1.29, 1.82) is 0 Å². The van der Waals surface area contributed by atoms with Crippen molar-refractivity contribution >= 4 is 0 Å². The van der Waals surface area contributed by atoms with Crippen molar-refractivity contribution in [2.24, 2.45) is 5.92 Å². The molecular weight excluding hydrogens is 186 g/mol. The van der Waals surface area contributed by atoms with Crippen molar-refractivity contribution in [1.82, 2.24) is 5.32 Å². The van der Waals surface area contributed by atoms with E-state index in [4.69, 9.17) is 4.42 Å². The number of furan rings is 1. The molecule has 0 spiro atoms. The largest absolute Gasteiger partial charge is 0.469 e. The highest BCUT2D eigenvalue weighted by molar-refractivity contribution is 5.19. The van der Waals surface area contributed by atoms with Gasteiger partial charge in [0.2, 0.25) is 0 Å². The van der Waals surface area contributed by atoms with Crippen molar-refractivity contribution in [2.45, 2.75) is 46.1 Å². The SMILES string of the molecule is CNC(CCCC(C)C)c1ccoc1C. The zero-order valence-corrected chi connectivity index (χ0v) is 10.3. The Bertz CT molecular complexity index is 278. The van der Waals surface area contributed by atoms with Crippen LogP contribution in [0.5, 0.6) is 0 Å². The molecular formula is C13H23NO. The zero-order valence-electron chi connectivity index (χ0n) is 10.3. The molecule has 86 valence electrons. The van der Waals surface area contributed by atoms with Crippen LogP contribution in [0.3, 0.4) is 0 Å². The average molecular weight is 209 g/mol. The van der Waals surface area contributed by atoms with Crippen molar-refractivity contribution < 1.29 is 4.42 Å². The van der Waals surface area contributed by atoms with Crippen LogP contribution in [0.1, 0.15) is 50.5 Å². The lowest BCUT2D eigenvalue weighted by molar-refractivity contribution is 0.459. The highest BCUT2D eigenvalue weighted by atomic mass is 16.3. The number of rotatable bonds is 6. The fourth-order valence-electron chi connectivity index (χ4n) is 1.94. The lowest BCUT2D eigenvalue weighted by atomic mass is 9.98. The van der Waals surface area contributed by atoms with Crippen molar-refractivity contribution in [2.75, 3.05) is 7.05 Å². The monoisotopic (exact) mass is 209 g/mol. The van der Waals surface area contributed by atoms with Crippen molar-refractivity contribution in [3.05, 3.63) is 23.7 Å². The summed E-state index contributed by atoms with van der Waals surface area (Å²) in [6.07, 6.45) is 5.54. The van der Waals surface area contributed by atoms with Crippen LogP contribution < -0.4 is 5.32 Å². The second-order valence-electron chi connectivity index (χ2n) is 4.60. The first-order valence-electron chi connectivity index (χ1n) is 5.86. The van der Waals surface area contributed by atoms with Crippen LogP contribution in [0.25, 0.3) is 0 Å². The molecule has 0 aliphatic heterocycles. The fraction of sp³-hybridized carbons (Fsp3) is 0.692. The number of hydrogen-bond acceptors (Lipinski definition) is 2. The molecule has 0 saturated heterocycles. The van der Waals surface area contributed by atoms with E-state index in [0.29, 0.717) is 6.04 Å². The van der Waals surface area contributed by atoms with Gasteiger partial charge in [-0.05, 0) is 32.4 Å². The Morgan fingerprint density at radius 1 is 1.33 bits per heavy atom. The Balaban J connectivity index is 2.46. The molecule has 0 bridgehead atoms. The van der Waals surface area contributed by atoms with Gasteiger partial charge in [-0.25, -0.2) is 0 Å². The molecule has 0 aliphatic carbocycles. The van der Waals surface area contributed by atoms with Gasteiger partial charge in [0.15, 0.2) is 0 Å². The van der Waals surface area contributed by atoms with Crippen molar-refractivity contribution in [3.63, 3.8) is 0 Å². The maximum absolute atomic E-state index is 5.33. The maximum atomic E-state index is 5.33. The van der Waals surface area contributed by atoms with Gasteiger partial charge in [0.05, 0.1) is 6.26 Å². The molecule has 1 aromatic rings. The minimum absolute atomic E-state index is 0.447. The van der Waals surface area contributed by atoms with E-state index in [1.807, 2.05) is 14.0 Å². The molecule has 0 amide bonds. The van der Waals surface area contributed by atoms with Crippen LogP contribution in [0.15, 0.2) is 16.7 Å². The van der Waals surface area contributed by atoms with Gasteiger partial charge in [0.25, 0.3) is 0 Å². The van der Waals surface area contributed by atoms with Gasteiger partial charge in [-0.2, -0.15) is 0 Å². The van der Waals surface area contributed by atoms with Gasteiger partial charge >= 0.3 is 0 Å². The van der Waals surface area contributed by atoms with Gasteiger partial charge < -0.3 is 9.73 Å². The highest BCUT2D eigenvalue weighted by Gasteiger charge is 2.13. The molecule has 1 heterocycles. The van der Waals surface area contributed by atoms with Gasteiger partial charge in [0, 0.05) is 11.6 Å². The number of aryl methyl sites for hydroxylation is 1. The second kappa shape index (κ2) is 5.96. The molecule has 1 atom stereocenters. The van der Waals surface area contributed by atoms with E-state index in [9.17, 15) is 0 Å². The van der Waals surface area contributed by atoms with Gasteiger partial charge in [-0.15, -0.1) is 0 Å². The molecule has 1 rings (SSSR count). The standard InChI is InChI=1S/C13H23NO/c1-10(2)6-5-7-13(14-4)12-8-9-15-11(12)3/h8-10,13-14H,5-7H2,1-4H3. The first kappa shape index (κ1) is 12.3. The van der Waals surface area contributed by atoms with Crippen LogP contribution in [0.4, 0.5) is 0 Å². The maximum Gasteiger partial charge on any atom is 0.105 e. The predicted octanol–water partition coefficient (Wildman–Crippen LogP) is 3.67. The fourth-order valence-corrected chi connectivity index (χ4v) is 1.94. The van der Waals surface area contributed by atoms with E-state index in [1.54, 1.807) is 6.26 Å². The van der Waals surface area contributed by atoms with Crippen LogP contribution in [0.2, 0.25) is 0 Å². The quantitative estimate of drug-likeness (QED) is 0.773. The lowest BCUT2D eigenvalue weighted by Gasteiger charge is -2.16. The number of hydrogen-bond donors (Lipinski definition) is 1. The van der Waals surface area contributed by atoms with E-state index >= 15 is 0 Å². The molecule has 0 radical (unpaired) electrons. The summed E-state index contributed by atoms with van der Waals surface area (Å²) in [5.74, 6) is 1.84. The number of nitrogens with one attached hydrogen (secondary N) is 1. The van der Waals surface area contributed by atoms with E-state index in [2.05, 4.69) is 25.2 Å². The van der Waals surface area contributed by atoms with Crippen LogP contribution in [-0.4, -0.2) is 7.05 Å². The summed E-state index contributed by atoms with van der Waals surface area (Å²) in [4.78, 5) is 0. The summed E-state index contributed by atoms with van der Waals surface area (Å²) in [5, 5.41) is 3.36. The Labute approximate surface area is 93.1 Å². The van der Waals surface area contributed by atoms with Gasteiger partial charge in [0.1, 0.15) is 5.76 Å². The topological polar surface area (TPSA) is 25.2 Å². The summed E-state index contributed by atoms with van der Waals surface area (Å²) in [6.45, 7) is 6.58. The van der Waals surface area contributed by atoms with Crippen molar-refractivity contribution in [3.8, 4) is 0 Å².